The Kier molecular flexibility index (Phi) is 13.8. The van der Waals surface area contributed by atoms with Crippen LogP contribution in [0.2, 0.25) is 0 Å². The van der Waals surface area contributed by atoms with Gasteiger partial charge in [-0.1, -0.05) is 37.0 Å². The van der Waals surface area contributed by atoms with Gasteiger partial charge in [-0.15, -0.1) is 0 Å². The summed E-state index contributed by atoms with van der Waals surface area (Å²) >= 11 is 0. The van der Waals surface area contributed by atoms with Crippen LogP contribution in [0, 0.1) is 26.7 Å². The number of carbonyl (C=O) groups excluding carboxylic acids is 5. The molecule has 0 heterocycles. The third kappa shape index (κ3) is 11.7. The lowest BCUT2D eigenvalue weighted by atomic mass is 9.83. The second-order valence-electron chi connectivity index (χ2n) is 12.0. The van der Waals surface area contributed by atoms with Gasteiger partial charge in [-0.05, 0) is 89.6 Å². The number of carbonyl (C=O) groups is 4. The van der Waals surface area contributed by atoms with Gasteiger partial charge in [0.25, 0.3) is 5.91 Å². The first-order valence-electron chi connectivity index (χ1n) is 15.0. The molecule has 0 aliphatic heterocycles. The van der Waals surface area contributed by atoms with Crippen molar-refractivity contribution in [2.75, 3.05) is 30.0 Å². The minimum atomic E-state index is -0.828. The Morgan fingerprint density at radius 2 is 1.51 bits per heavy atom. The molecule has 0 aromatic heterocycles. The molecule has 1 saturated carbocycles. The molecule has 0 unspecified atom stereocenters. The van der Waals surface area contributed by atoms with E-state index in [2.05, 4.69) is 31.6 Å². The van der Waals surface area contributed by atoms with E-state index >= 15 is 0 Å². The molecular weight excluding hydrogens is 576 g/mol. The van der Waals surface area contributed by atoms with Crippen LogP contribution in [-0.4, -0.2) is 55.8 Å². The summed E-state index contributed by atoms with van der Waals surface area (Å²) in [5.41, 5.74) is 3.52. The zero-order valence-electron chi connectivity index (χ0n) is 27.5. The molecule has 1 aliphatic carbocycles. The van der Waals surface area contributed by atoms with Crippen molar-refractivity contribution in [2.45, 2.75) is 85.3 Å². The molecule has 1 aliphatic rings. The van der Waals surface area contributed by atoms with Crippen LogP contribution in [0.3, 0.4) is 0 Å². The lowest BCUT2D eigenvalue weighted by Gasteiger charge is -2.32. The van der Waals surface area contributed by atoms with E-state index in [-0.39, 0.29) is 17.2 Å². The Hall–Kier alpha value is -4.70. The fourth-order valence-electron chi connectivity index (χ4n) is 5.18. The fraction of sp³-hybridized carbons (Fsp3) is 0.485. The molecule has 12 nitrogen and oxygen atoms in total. The van der Waals surface area contributed by atoms with E-state index in [1.807, 2.05) is 32.9 Å². The number of benzene rings is 2. The van der Waals surface area contributed by atoms with Crippen LogP contribution in [0.15, 0.2) is 35.3 Å². The number of hydrogen-bond acceptors (Lipinski definition) is 7. The predicted molar refractivity (Wildman–Crippen MR) is 176 cm³/mol. The Bertz CT molecular complexity index is 1400. The molecule has 12 heteroatoms. The van der Waals surface area contributed by atoms with Crippen molar-refractivity contribution < 1.29 is 28.7 Å². The maximum absolute atomic E-state index is 13.7. The van der Waals surface area contributed by atoms with Crippen LogP contribution < -0.4 is 26.6 Å². The Morgan fingerprint density at radius 3 is 2.04 bits per heavy atom. The van der Waals surface area contributed by atoms with Crippen LogP contribution in [0.5, 0.6) is 0 Å². The average Bonchev–Trinajstić information content (AvgIpc) is 2.97. The number of amides is 5. The number of nitrogens with one attached hydrogen (secondary N) is 5. The van der Waals surface area contributed by atoms with Gasteiger partial charge in [0.15, 0.2) is 0 Å². The molecule has 1 atom stereocenters. The first-order chi connectivity index (χ1) is 21.2. The van der Waals surface area contributed by atoms with Gasteiger partial charge in [-0.2, -0.15) is 0 Å². The highest BCUT2D eigenvalue weighted by molar-refractivity contribution is 6.08. The Balaban J connectivity index is 0.00000166. The van der Waals surface area contributed by atoms with Crippen molar-refractivity contribution in [2.24, 2.45) is 10.9 Å². The highest BCUT2D eigenvalue weighted by Gasteiger charge is 2.35. The number of nitrogens with zero attached hydrogens (tertiary/aromatic N) is 1. The maximum Gasteiger partial charge on any atom is 0.329 e. The minimum Gasteiger partial charge on any atom is -0.458 e. The third-order valence-corrected chi connectivity index (χ3v) is 7.07. The zero-order valence-corrected chi connectivity index (χ0v) is 27.5. The minimum absolute atomic E-state index is 0.0519. The monoisotopic (exact) mass is 622 g/mol. The van der Waals surface area contributed by atoms with Gasteiger partial charge >= 0.3 is 18.0 Å². The number of isocyanates is 1. The summed E-state index contributed by atoms with van der Waals surface area (Å²) in [6, 6.07) is 6.67. The Labute approximate surface area is 265 Å². The van der Waals surface area contributed by atoms with Crippen LogP contribution in [0.25, 0.3) is 0 Å². The van der Waals surface area contributed by atoms with E-state index in [4.69, 9.17) is 9.53 Å². The number of ether oxygens (including phenoxy) is 1. The molecule has 0 bridgehead atoms. The van der Waals surface area contributed by atoms with Crippen molar-refractivity contribution in [3.8, 4) is 0 Å². The predicted octanol–water partition coefficient (Wildman–Crippen LogP) is 5.98. The number of rotatable bonds is 7. The Morgan fingerprint density at radius 1 is 0.911 bits per heavy atom. The second-order valence-corrected chi connectivity index (χ2v) is 12.0. The van der Waals surface area contributed by atoms with Crippen molar-refractivity contribution >= 4 is 47.1 Å². The van der Waals surface area contributed by atoms with Gasteiger partial charge < -0.3 is 31.3 Å². The quantitative estimate of drug-likeness (QED) is 0.145. The van der Waals surface area contributed by atoms with Gasteiger partial charge in [0.1, 0.15) is 11.6 Å². The summed E-state index contributed by atoms with van der Waals surface area (Å²) in [6.45, 7) is 11.2. The SMILES string of the molecule is CN=C=O.CNC(=O)Nc1ccc(C(=O)N[C@H](C(=O)OC(C)(C)C)C2CCCCC2)c(NC(=O)Nc2c(C)cc(C)cc2C)c1. The first-order valence-corrected chi connectivity index (χ1v) is 15.0. The van der Waals surface area contributed by atoms with Gasteiger partial charge in [0.05, 0.1) is 11.3 Å². The lowest BCUT2D eigenvalue weighted by Crippen LogP contribution is -2.49. The number of urea groups is 2. The molecular formula is C33H46N6O6. The van der Waals surface area contributed by atoms with E-state index in [9.17, 15) is 19.2 Å². The summed E-state index contributed by atoms with van der Waals surface area (Å²) < 4.78 is 5.67. The van der Waals surface area contributed by atoms with Crippen LogP contribution in [0.4, 0.5) is 26.7 Å². The van der Waals surface area contributed by atoms with E-state index in [1.54, 1.807) is 26.8 Å². The zero-order chi connectivity index (χ0) is 33.7. The van der Waals surface area contributed by atoms with Crippen molar-refractivity contribution in [3.63, 3.8) is 0 Å². The van der Waals surface area contributed by atoms with E-state index in [1.165, 1.54) is 32.3 Å². The van der Waals surface area contributed by atoms with Gasteiger partial charge in [-0.3, -0.25) is 4.79 Å². The summed E-state index contributed by atoms with van der Waals surface area (Å²) in [5.74, 6) is -1.06. The number of esters is 1. The standard InChI is InChI=1S/C31H43N5O5.C2H3NO/c1-18-15-19(2)25(20(3)16-18)36-30(40)34-24-17-22(33-29(39)32-7)13-14-23(24)27(37)35-26(21-11-9-8-10-12-21)28(38)41-31(4,5)6;1-3-2-4/h13-17,21,26H,8-12H2,1-7H3,(H,35,37)(H2,32,33,39)(H2,34,36,40);1H3/t26-;/m0./s1. The largest absolute Gasteiger partial charge is 0.458 e. The molecule has 5 amide bonds. The highest BCUT2D eigenvalue weighted by Crippen LogP contribution is 2.29. The van der Waals surface area contributed by atoms with Gasteiger partial charge in [-0.25, -0.2) is 24.2 Å². The van der Waals surface area contributed by atoms with Gasteiger partial charge in [0, 0.05) is 25.5 Å². The molecule has 1 fully saturated rings. The highest BCUT2D eigenvalue weighted by atomic mass is 16.6. The van der Waals surface area contributed by atoms with Crippen molar-refractivity contribution in [3.05, 3.63) is 52.6 Å². The molecule has 244 valence electrons. The van der Waals surface area contributed by atoms with Gasteiger partial charge in [0.2, 0.25) is 6.08 Å². The first kappa shape index (κ1) is 36.5. The van der Waals surface area contributed by atoms with Crippen molar-refractivity contribution in [1.29, 1.82) is 0 Å². The number of aryl methyl sites for hydroxylation is 3. The second kappa shape index (κ2) is 17.0. The van der Waals surface area contributed by atoms with Crippen LogP contribution in [0.1, 0.15) is 79.9 Å². The molecule has 3 rings (SSSR count). The van der Waals surface area contributed by atoms with Crippen LogP contribution >= 0.6 is 0 Å². The summed E-state index contributed by atoms with van der Waals surface area (Å²) in [4.78, 5) is 63.8. The molecule has 2 aromatic carbocycles. The lowest BCUT2D eigenvalue weighted by molar-refractivity contribution is -0.159. The maximum atomic E-state index is 13.7. The van der Waals surface area contributed by atoms with E-state index in [0.29, 0.717) is 11.4 Å². The number of hydrogen-bond donors (Lipinski definition) is 5. The summed E-state index contributed by atoms with van der Waals surface area (Å²) in [6.07, 6.45) is 5.97. The average molecular weight is 623 g/mol. The molecule has 0 saturated heterocycles. The third-order valence-electron chi connectivity index (χ3n) is 7.07. The smallest absolute Gasteiger partial charge is 0.329 e. The van der Waals surface area contributed by atoms with E-state index < -0.39 is 35.6 Å². The molecule has 0 radical (unpaired) electrons. The summed E-state index contributed by atoms with van der Waals surface area (Å²) in [7, 11) is 2.87. The number of anilines is 3. The molecule has 2 aromatic rings. The molecule has 45 heavy (non-hydrogen) atoms. The molecule has 5 N–H and O–H groups in total. The van der Waals surface area contributed by atoms with E-state index in [0.717, 1.165) is 48.8 Å². The normalized spacial score (nSPS) is 13.5. The summed E-state index contributed by atoms with van der Waals surface area (Å²) in [5, 5.41) is 13.7. The molecule has 0 spiro atoms. The van der Waals surface area contributed by atoms with Crippen molar-refractivity contribution in [1.82, 2.24) is 10.6 Å². The topological polar surface area (TPSA) is 167 Å². The fourth-order valence-corrected chi connectivity index (χ4v) is 5.18. The number of aliphatic imine (C=N–C) groups is 1. The van der Waals surface area contributed by atoms with Crippen LogP contribution in [-0.2, 0) is 14.3 Å².